The molecule has 2 aromatic heterocycles. The third-order valence-corrected chi connectivity index (χ3v) is 4.41. The predicted molar refractivity (Wildman–Crippen MR) is 89.6 cm³/mol. The molecule has 0 spiro atoms. The van der Waals surface area contributed by atoms with Gasteiger partial charge in [-0.2, -0.15) is 5.10 Å². The smallest absolute Gasteiger partial charge is 0.277 e. The highest BCUT2D eigenvalue weighted by molar-refractivity contribution is 7.22. The summed E-state index contributed by atoms with van der Waals surface area (Å²) in [6, 6.07) is 8.07. The number of carbonyl (C=O) groups excluding carboxylic acids is 1. The first kappa shape index (κ1) is 14.7. The Labute approximate surface area is 133 Å². The van der Waals surface area contributed by atoms with E-state index in [4.69, 9.17) is 0 Å². The van der Waals surface area contributed by atoms with Crippen molar-refractivity contribution in [1.29, 1.82) is 0 Å². The summed E-state index contributed by atoms with van der Waals surface area (Å²) in [5, 5.41) is 7.73. The van der Waals surface area contributed by atoms with E-state index >= 15 is 0 Å². The third-order valence-electron chi connectivity index (χ3n) is 3.47. The number of para-hydroxylation sites is 1. The zero-order valence-electron chi connectivity index (χ0n) is 12.8. The Bertz CT molecular complexity index is 819. The first-order chi connectivity index (χ1) is 10.6. The number of hydrogen-bond donors (Lipinski definition) is 1. The van der Waals surface area contributed by atoms with Crippen LogP contribution >= 0.6 is 11.3 Å². The monoisotopic (exact) mass is 314 g/mol. The van der Waals surface area contributed by atoms with E-state index in [9.17, 15) is 4.79 Å². The molecule has 0 aliphatic rings. The van der Waals surface area contributed by atoms with Crippen LogP contribution in [0.5, 0.6) is 0 Å². The number of hydrogen-bond acceptors (Lipinski definition) is 4. The minimum atomic E-state index is -0.225. The van der Waals surface area contributed by atoms with Gasteiger partial charge in [0.2, 0.25) is 0 Å². The molecule has 0 atom stereocenters. The van der Waals surface area contributed by atoms with Gasteiger partial charge in [0.1, 0.15) is 0 Å². The summed E-state index contributed by atoms with van der Waals surface area (Å²) in [7, 11) is 0. The Kier molecular flexibility index (Phi) is 3.94. The summed E-state index contributed by atoms with van der Waals surface area (Å²) >= 11 is 1.49. The summed E-state index contributed by atoms with van der Waals surface area (Å²) in [6.45, 7) is 6.15. The maximum absolute atomic E-state index is 12.3. The molecule has 22 heavy (non-hydrogen) atoms. The molecule has 2 heterocycles. The quantitative estimate of drug-likeness (QED) is 0.795. The van der Waals surface area contributed by atoms with Crippen LogP contribution in [0.4, 0.5) is 5.13 Å². The molecule has 5 nitrogen and oxygen atoms in total. The van der Waals surface area contributed by atoms with E-state index in [2.05, 4.69) is 28.4 Å². The molecular weight excluding hydrogens is 296 g/mol. The second kappa shape index (κ2) is 5.88. The summed E-state index contributed by atoms with van der Waals surface area (Å²) in [5.41, 5.74) is 2.57. The van der Waals surface area contributed by atoms with E-state index < -0.39 is 0 Å². The Morgan fingerprint density at radius 1 is 1.36 bits per heavy atom. The Morgan fingerprint density at radius 3 is 2.86 bits per heavy atom. The van der Waals surface area contributed by atoms with E-state index in [0.717, 1.165) is 16.6 Å². The number of nitrogens with one attached hydrogen (secondary N) is 1. The number of carbonyl (C=O) groups is 1. The van der Waals surface area contributed by atoms with Crippen molar-refractivity contribution in [3.8, 4) is 0 Å². The first-order valence-electron chi connectivity index (χ1n) is 7.33. The van der Waals surface area contributed by atoms with Crippen LogP contribution in [0.15, 0.2) is 30.5 Å². The van der Waals surface area contributed by atoms with E-state index in [1.165, 1.54) is 16.9 Å². The molecule has 0 radical (unpaired) electrons. The normalized spacial score (nSPS) is 11.3. The van der Waals surface area contributed by atoms with Crippen molar-refractivity contribution >= 4 is 32.6 Å². The minimum absolute atomic E-state index is 0.225. The maximum Gasteiger partial charge on any atom is 0.277 e. The molecule has 0 saturated heterocycles. The summed E-state index contributed by atoms with van der Waals surface area (Å²) in [6.07, 6.45) is 2.74. The molecule has 0 bridgehead atoms. The van der Waals surface area contributed by atoms with Gasteiger partial charge in [0.25, 0.3) is 5.91 Å². The fourth-order valence-corrected chi connectivity index (χ4v) is 3.16. The SMILES string of the molecule is CCc1cccc2sc(NC(=O)c3ccn(C(C)C)n3)nc12. The number of nitrogens with zero attached hydrogens (tertiary/aromatic N) is 3. The molecule has 0 saturated carbocycles. The Balaban J connectivity index is 1.84. The molecule has 6 heteroatoms. The van der Waals surface area contributed by atoms with Gasteiger partial charge in [-0.05, 0) is 38.0 Å². The van der Waals surface area contributed by atoms with E-state index in [-0.39, 0.29) is 11.9 Å². The Morgan fingerprint density at radius 2 is 2.18 bits per heavy atom. The molecule has 0 unspecified atom stereocenters. The number of rotatable bonds is 4. The lowest BCUT2D eigenvalue weighted by Crippen LogP contribution is -2.13. The zero-order chi connectivity index (χ0) is 15.7. The molecule has 114 valence electrons. The number of aryl methyl sites for hydroxylation is 1. The molecule has 0 fully saturated rings. The average Bonchev–Trinajstić information content (AvgIpc) is 3.13. The summed E-state index contributed by atoms with van der Waals surface area (Å²) < 4.78 is 2.85. The van der Waals surface area contributed by atoms with Crippen molar-refractivity contribution in [2.75, 3.05) is 5.32 Å². The number of anilines is 1. The summed E-state index contributed by atoms with van der Waals surface area (Å²) in [5.74, 6) is -0.225. The van der Waals surface area contributed by atoms with E-state index in [1.54, 1.807) is 10.7 Å². The van der Waals surface area contributed by atoms with Crippen LogP contribution in [0.25, 0.3) is 10.2 Å². The second-order valence-electron chi connectivity index (χ2n) is 5.37. The molecule has 0 aliphatic heterocycles. The number of amides is 1. The molecule has 1 N–H and O–H groups in total. The van der Waals surface area contributed by atoms with Gasteiger partial charge in [-0.3, -0.25) is 14.8 Å². The van der Waals surface area contributed by atoms with Crippen molar-refractivity contribution in [2.24, 2.45) is 0 Å². The lowest BCUT2D eigenvalue weighted by molar-refractivity contribution is 0.102. The van der Waals surface area contributed by atoms with Crippen LogP contribution < -0.4 is 5.32 Å². The van der Waals surface area contributed by atoms with Gasteiger partial charge >= 0.3 is 0 Å². The molecule has 3 rings (SSSR count). The standard InChI is InChI=1S/C16H18N4OS/c1-4-11-6-5-7-13-14(11)17-16(22-13)18-15(21)12-8-9-20(19-12)10(2)3/h5-10H,4H2,1-3H3,(H,17,18,21). The van der Waals surface area contributed by atoms with Crippen molar-refractivity contribution < 1.29 is 4.79 Å². The molecule has 0 aliphatic carbocycles. The predicted octanol–water partition coefficient (Wildman–Crippen LogP) is 3.89. The Hall–Kier alpha value is -2.21. The fourth-order valence-electron chi connectivity index (χ4n) is 2.25. The molecule has 1 amide bonds. The molecule has 3 aromatic rings. The van der Waals surface area contributed by atoms with Gasteiger partial charge in [-0.25, -0.2) is 4.98 Å². The van der Waals surface area contributed by atoms with Crippen molar-refractivity contribution in [3.05, 3.63) is 41.7 Å². The van der Waals surface area contributed by atoms with Crippen molar-refractivity contribution in [3.63, 3.8) is 0 Å². The second-order valence-corrected chi connectivity index (χ2v) is 6.40. The van der Waals surface area contributed by atoms with Crippen molar-refractivity contribution in [1.82, 2.24) is 14.8 Å². The van der Waals surface area contributed by atoms with Gasteiger partial charge in [0.05, 0.1) is 10.2 Å². The van der Waals surface area contributed by atoms with E-state index in [1.807, 2.05) is 32.2 Å². The van der Waals surface area contributed by atoms with Gasteiger partial charge in [0, 0.05) is 12.2 Å². The largest absolute Gasteiger partial charge is 0.296 e. The highest BCUT2D eigenvalue weighted by Gasteiger charge is 2.14. The highest BCUT2D eigenvalue weighted by atomic mass is 32.1. The third kappa shape index (κ3) is 2.74. The topological polar surface area (TPSA) is 59.8 Å². The fraction of sp³-hybridized carbons (Fsp3) is 0.312. The van der Waals surface area contributed by atoms with Crippen LogP contribution in [0.2, 0.25) is 0 Å². The van der Waals surface area contributed by atoms with Gasteiger partial charge in [0.15, 0.2) is 10.8 Å². The highest BCUT2D eigenvalue weighted by Crippen LogP contribution is 2.28. The van der Waals surface area contributed by atoms with Gasteiger partial charge in [-0.15, -0.1) is 0 Å². The van der Waals surface area contributed by atoms with Crippen LogP contribution in [0.3, 0.4) is 0 Å². The van der Waals surface area contributed by atoms with Crippen LogP contribution in [0, 0.1) is 0 Å². The number of benzene rings is 1. The maximum atomic E-state index is 12.3. The zero-order valence-corrected chi connectivity index (χ0v) is 13.6. The van der Waals surface area contributed by atoms with Crippen molar-refractivity contribution in [2.45, 2.75) is 33.2 Å². The molecule has 1 aromatic carbocycles. The molecular formula is C16H18N4OS. The number of aromatic nitrogens is 3. The van der Waals surface area contributed by atoms with Gasteiger partial charge in [-0.1, -0.05) is 30.4 Å². The number of thiazole rings is 1. The number of fused-ring (bicyclic) bond motifs is 1. The first-order valence-corrected chi connectivity index (χ1v) is 8.15. The van der Waals surface area contributed by atoms with Crippen LogP contribution in [-0.2, 0) is 6.42 Å². The van der Waals surface area contributed by atoms with E-state index in [0.29, 0.717) is 10.8 Å². The summed E-state index contributed by atoms with van der Waals surface area (Å²) in [4.78, 5) is 16.8. The minimum Gasteiger partial charge on any atom is -0.296 e. The van der Waals surface area contributed by atoms with Gasteiger partial charge < -0.3 is 0 Å². The lowest BCUT2D eigenvalue weighted by atomic mass is 10.1. The lowest BCUT2D eigenvalue weighted by Gasteiger charge is -2.03. The van der Waals surface area contributed by atoms with Crippen LogP contribution in [-0.4, -0.2) is 20.7 Å². The average molecular weight is 314 g/mol. The van der Waals surface area contributed by atoms with Crippen LogP contribution in [0.1, 0.15) is 42.9 Å².